The number of aromatic nitrogens is 2. The molecule has 2 amide bonds. The van der Waals surface area contributed by atoms with Crippen LogP contribution in [0.25, 0.3) is 0 Å². The molecule has 1 atom stereocenters. The maximum atomic E-state index is 13.4. The first-order valence-electron chi connectivity index (χ1n) is 11.5. The Morgan fingerprint density at radius 3 is 2.88 bits per heavy atom. The van der Waals surface area contributed by atoms with Crippen LogP contribution in [0.3, 0.4) is 0 Å². The van der Waals surface area contributed by atoms with E-state index in [9.17, 15) is 4.79 Å². The first-order valence-corrected chi connectivity index (χ1v) is 13.8. The Kier molecular flexibility index (Phi) is 13.0. The highest BCUT2D eigenvalue weighted by molar-refractivity contribution is 9.09. The Labute approximate surface area is 210 Å². The third kappa shape index (κ3) is 8.90. The summed E-state index contributed by atoms with van der Waals surface area (Å²) in [5.74, 6) is 0. The van der Waals surface area contributed by atoms with Crippen molar-refractivity contribution in [3.8, 4) is 0 Å². The maximum absolute atomic E-state index is 13.4. The van der Waals surface area contributed by atoms with Crippen molar-refractivity contribution in [2.75, 3.05) is 23.3 Å². The van der Waals surface area contributed by atoms with Gasteiger partial charge in [0.1, 0.15) is 5.01 Å². The number of nitrogens with zero attached hydrogens (tertiary/aromatic N) is 4. The van der Waals surface area contributed by atoms with E-state index in [0.29, 0.717) is 23.1 Å². The van der Waals surface area contributed by atoms with Crippen LogP contribution in [0.4, 0.5) is 9.93 Å². The van der Waals surface area contributed by atoms with Gasteiger partial charge in [0, 0.05) is 37.7 Å². The summed E-state index contributed by atoms with van der Waals surface area (Å²) in [5, 5.41) is 11.7. The fraction of sp³-hybridized carbons (Fsp3) is 0.652. The number of hydrogen-bond acceptors (Lipinski definition) is 6. The zero-order valence-electron chi connectivity index (χ0n) is 19.0. The van der Waals surface area contributed by atoms with E-state index in [-0.39, 0.29) is 6.03 Å². The van der Waals surface area contributed by atoms with Crippen molar-refractivity contribution in [3.63, 3.8) is 0 Å². The number of carbonyl (C=O) groups excluding carboxylic acids is 1. The van der Waals surface area contributed by atoms with Gasteiger partial charge in [-0.05, 0) is 64.1 Å². The lowest BCUT2D eigenvalue weighted by Gasteiger charge is -2.39. The van der Waals surface area contributed by atoms with Crippen LogP contribution >= 0.6 is 39.5 Å². The molecular formula is C23H35BrN4O2S2. The molecule has 6 nitrogen and oxygen atoms in total. The number of amides is 2. The Morgan fingerprint density at radius 2 is 2.12 bits per heavy atom. The molecule has 0 aliphatic carbocycles. The second-order valence-electron chi connectivity index (χ2n) is 7.74. The van der Waals surface area contributed by atoms with Crippen LogP contribution in [0.5, 0.6) is 0 Å². The van der Waals surface area contributed by atoms with Gasteiger partial charge in [-0.15, -0.1) is 16.8 Å². The number of allylic oxidation sites excluding steroid dienone is 3. The van der Waals surface area contributed by atoms with Crippen molar-refractivity contribution in [1.29, 1.82) is 0 Å². The van der Waals surface area contributed by atoms with E-state index in [1.54, 1.807) is 4.90 Å². The van der Waals surface area contributed by atoms with E-state index in [1.807, 2.05) is 17.9 Å². The molecule has 2 rings (SSSR count). The van der Waals surface area contributed by atoms with Crippen LogP contribution in [0, 0.1) is 0 Å². The summed E-state index contributed by atoms with van der Waals surface area (Å²) >= 11 is 10.4. The molecular weight excluding hydrogens is 508 g/mol. The van der Waals surface area contributed by atoms with Crippen molar-refractivity contribution in [1.82, 2.24) is 15.1 Å². The number of anilines is 1. The summed E-state index contributed by atoms with van der Waals surface area (Å²) in [6, 6.07) is -0.0697. The number of halogens is 1. The normalized spacial score (nSPS) is 16.7. The summed E-state index contributed by atoms with van der Waals surface area (Å²) in [6.45, 7) is 7.18. The predicted molar refractivity (Wildman–Crippen MR) is 141 cm³/mol. The Morgan fingerprint density at radius 1 is 1.28 bits per heavy atom. The quantitative estimate of drug-likeness (QED) is 0.107. The Balaban J connectivity index is 2.08. The third-order valence-electron chi connectivity index (χ3n) is 5.19. The molecule has 9 heteroatoms. The van der Waals surface area contributed by atoms with Crippen LogP contribution in [0.1, 0.15) is 69.7 Å². The lowest BCUT2D eigenvalue weighted by Crippen LogP contribution is -2.56. The van der Waals surface area contributed by atoms with Crippen molar-refractivity contribution in [2.45, 2.75) is 77.4 Å². The molecule has 0 aromatic carbocycles. The number of unbranched alkanes of at least 4 members (excludes halogenated alkanes) is 4. The molecule has 1 aliphatic heterocycles. The van der Waals surface area contributed by atoms with Gasteiger partial charge >= 0.3 is 6.03 Å². The molecule has 0 spiro atoms. The second-order valence-corrected chi connectivity index (χ2v) is 10.0. The largest absolute Gasteiger partial charge is 0.463 e. The van der Waals surface area contributed by atoms with Gasteiger partial charge in [-0.2, -0.15) is 0 Å². The van der Waals surface area contributed by atoms with Crippen LogP contribution in [0.2, 0.25) is 0 Å². The molecule has 1 saturated heterocycles. The van der Waals surface area contributed by atoms with E-state index in [1.165, 1.54) is 11.3 Å². The molecule has 1 aromatic rings. The highest BCUT2D eigenvalue weighted by atomic mass is 79.9. The molecule has 0 N–H and O–H groups in total. The number of hydrogen-bond donors (Lipinski definition) is 0. The summed E-state index contributed by atoms with van der Waals surface area (Å²) in [6.07, 6.45) is 15.0. The van der Waals surface area contributed by atoms with E-state index in [2.05, 4.69) is 44.9 Å². The number of urea groups is 1. The van der Waals surface area contributed by atoms with Crippen LogP contribution in [-0.2, 0) is 11.2 Å². The fourth-order valence-corrected chi connectivity index (χ4v) is 5.00. The highest BCUT2D eigenvalue weighted by Crippen LogP contribution is 2.29. The molecule has 0 bridgehead atoms. The third-order valence-corrected chi connectivity index (χ3v) is 7.03. The lowest BCUT2D eigenvalue weighted by atomic mass is 10.2. The minimum atomic E-state index is -0.424. The van der Waals surface area contributed by atoms with Gasteiger partial charge in [0.15, 0.2) is 11.3 Å². The zero-order valence-corrected chi connectivity index (χ0v) is 22.2. The Hall–Kier alpha value is -1.32. The molecule has 2 heterocycles. The minimum absolute atomic E-state index is 0.0697. The van der Waals surface area contributed by atoms with Crippen LogP contribution < -0.4 is 4.90 Å². The molecule has 1 aliphatic rings. The van der Waals surface area contributed by atoms with E-state index in [4.69, 9.17) is 17.0 Å². The molecule has 0 radical (unpaired) electrons. The number of thiocarbonyl (C=S) groups is 1. The van der Waals surface area contributed by atoms with E-state index in [0.717, 1.165) is 74.7 Å². The fourth-order valence-electron chi connectivity index (χ4n) is 3.44. The average Bonchev–Trinajstić information content (AvgIpc) is 3.24. The number of rotatable bonds is 15. The smallest absolute Gasteiger partial charge is 0.329 e. The van der Waals surface area contributed by atoms with E-state index < -0.39 is 6.23 Å². The van der Waals surface area contributed by atoms with E-state index >= 15 is 0 Å². The molecule has 1 unspecified atom stereocenters. The number of carbonyl (C=O) groups is 1. The van der Waals surface area contributed by atoms with Gasteiger partial charge in [-0.25, -0.2) is 9.69 Å². The first-order chi connectivity index (χ1) is 15.6. The topological polar surface area (TPSA) is 58.6 Å². The Bertz CT molecular complexity index is 756. The highest BCUT2D eigenvalue weighted by Gasteiger charge is 2.38. The summed E-state index contributed by atoms with van der Waals surface area (Å²) in [4.78, 5) is 16.9. The van der Waals surface area contributed by atoms with Gasteiger partial charge in [0.05, 0.1) is 0 Å². The number of alkyl halides is 1. The minimum Gasteiger partial charge on any atom is -0.463 e. The first kappa shape index (κ1) is 26.9. The van der Waals surface area contributed by atoms with Gasteiger partial charge in [-0.3, -0.25) is 0 Å². The summed E-state index contributed by atoms with van der Waals surface area (Å²) < 4.78 is 6.10. The number of aryl methyl sites for hydroxylation is 1. The molecule has 178 valence electrons. The lowest BCUT2D eigenvalue weighted by molar-refractivity contribution is 0.116. The van der Waals surface area contributed by atoms with Crippen LogP contribution in [0.15, 0.2) is 24.8 Å². The van der Waals surface area contributed by atoms with Gasteiger partial charge in [0.25, 0.3) is 0 Å². The summed E-state index contributed by atoms with van der Waals surface area (Å²) in [5.41, 5.74) is 0. The molecule has 1 fully saturated rings. The van der Waals surface area contributed by atoms with Crippen molar-refractivity contribution in [3.05, 3.63) is 29.8 Å². The molecule has 32 heavy (non-hydrogen) atoms. The second kappa shape index (κ2) is 15.5. The average molecular weight is 544 g/mol. The molecule has 0 saturated carbocycles. The maximum Gasteiger partial charge on any atom is 0.329 e. The van der Waals surface area contributed by atoms with Crippen LogP contribution in [-0.4, -0.2) is 50.8 Å². The SMILES string of the molecule is C=CCCCCN1CCC(OC(=S)CCCCBr)N(c2nnc(CCCC=CC)s2)C1=O. The van der Waals surface area contributed by atoms with Crippen molar-refractivity contribution in [2.24, 2.45) is 0 Å². The van der Waals surface area contributed by atoms with Crippen molar-refractivity contribution < 1.29 is 9.53 Å². The number of ether oxygens (including phenoxy) is 1. The molecule has 1 aromatic heterocycles. The van der Waals surface area contributed by atoms with Gasteiger partial charge < -0.3 is 9.64 Å². The van der Waals surface area contributed by atoms with Gasteiger partial charge in [-0.1, -0.05) is 45.5 Å². The van der Waals surface area contributed by atoms with Crippen molar-refractivity contribution >= 4 is 55.7 Å². The monoisotopic (exact) mass is 542 g/mol. The standard InChI is InChI=1S/C23H35BrN4O2S2/c1-3-5-7-9-13-19-25-26-22(32-19)28-20(30-21(31)14-10-11-16-24)15-18-27(23(28)29)17-12-8-6-4-2/h3-5,20H,2,6-18H2,1H3. The van der Waals surface area contributed by atoms with Gasteiger partial charge in [0.2, 0.25) is 5.13 Å². The predicted octanol–water partition coefficient (Wildman–Crippen LogP) is 6.66. The zero-order chi connectivity index (χ0) is 23.2. The summed E-state index contributed by atoms with van der Waals surface area (Å²) in [7, 11) is 0.